The second-order valence-electron chi connectivity index (χ2n) is 24.9. The van der Waals surface area contributed by atoms with Crippen LogP contribution < -0.4 is 5.32 Å². The normalized spacial score (nSPS) is 12.7. The molecule has 0 spiro atoms. The summed E-state index contributed by atoms with van der Waals surface area (Å²) in [5, 5.41) is 23.2. The number of hydrogen-bond donors (Lipinski definition) is 3. The van der Waals surface area contributed by atoms with Gasteiger partial charge in [-0.15, -0.1) is 0 Å². The fraction of sp³-hybridized carbons (Fsp3) is 0.892. The predicted octanol–water partition coefficient (Wildman–Crippen LogP) is 23.5. The van der Waals surface area contributed by atoms with E-state index in [1.165, 1.54) is 327 Å². The van der Waals surface area contributed by atoms with Crippen molar-refractivity contribution in [1.29, 1.82) is 0 Å². The van der Waals surface area contributed by atoms with Gasteiger partial charge in [0, 0.05) is 12.8 Å². The molecule has 0 aromatic heterocycles. The molecule has 2 atom stereocenters. The molecule has 6 heteroatoms. The van der Waals surface area contributed by atoms with E-state index in [4.69, 9.17) is 4.74 Å². The monoisotopic (exact) mass is 1120 g/mol. The van der Waals surface area contributed by atoms with Crippen molar-refractivity contribution in [1.82, 2.24) is 5.32 Å². The first-order chi connectivity index (χ1) is 39.5. The summed E-state index contributed by atoms with van der Waals surface area (Å²) < 4.78 is 5.51. The largest absolute Gasteiger partial charge is 0.466 e. The van der Waals surface area contributed by atoms with E-state index in [0.717, 1.165) is 44.9 Å². The fourth-order valence-corrected chi connectivity index (χ4v) is 11.4. The quantitative estimate of drug-likeness (QED) is 0.0320. The highest BCUT2D eigenvalue weighted by atomic mass is 16.5. The lowest BCUT2D eigenvalue weighted by molar-refractivity contribution is -0.143. The Labute approximate surface area is 500 Å². The van der Waals surface area contributed by atoms with Crippen LogP contribution in [0.1, 0.15) is 399 Å². The van der Waals surface area contributed by atoms with Gasteiger partial charge in [-0.3, -0.25) is 9.59 Å². The van der Waals surface area contributed by atoms with Crippen molar-refractivity contribution in [2.45, 2.75) is 411 Å². The number of esters is 1. The molecule has 6 nitrogen and oxygen atoms in total. The Morgan fingerprint density at radius 2 is 0.625 bits per heavy atom. The topological polar surface area (TPSA) is 95.9 Å². The minimum absolute atomic E-state index is 0.0170. The molecule has 1 amide bonds. The van der Waals surface area contributed by atoms with E-state index in [0.29, 0.717) is 19.4 Å². The molecular weight excluding hydrogens is 983 g/mol. The zero-order valence-electron chi connectivity index (χ0n) is 54.1. The van der Waals surface area contributed by atoms with Crippen molar-refractivity contribution in [3.05, 3.63) is 36.5 Å². The van der Waals surface area contributed by atoms with Crippen molar-refractivity contribution < 1.29 is 24.5 Å². The molecule has 2 unspecified atom stereocenters. The maximum absolute atomic E-state index is 12.5. The first-order valence-electron chi connectivity index (χ1n) is 36.3. The number of carbonyl (C=O) groups is 2. The van der Waals surface area contributed by atoms with E-state index in [2.05, 4.69) is 43.5 Å². The zero-order chi connectivity index (χ0) is 57.8. The van der Waals surface area contributed by atoms with E-state index in [9.17, 15) is 19.8 Å². The summed E-state index contributed by atoms with van der Waals surface area (Å²) in [6.07, 6.45) is 89.5. The van der Waals surface area contributed by atoms with Gasteiger partial charge in [0.1, 0.15) is 0 Å². The van der Waals surface area contributed by atoms with Gasteiger partial charge < -0.3 is 20.3 Å². The molecule has 0 rings (SSSR count). The lowest BCUT2D eigenvalue weighted by Gasteiger charge is -2.20. The smallest absolute Gasteiger partial charge is 0.305 e. The molecule has 0 aliphatic carbocycles. The highest BCUT2D eigenvalue weighted by molar-refractivity contribution is 5.76. The van der Waals surface area contributed by atoms with Crippen LogP contribution in [0.15, 0.2) is 36.5 Å². The summed E-state index contributed by atoms with van der Waals surface area (Å²) >= 11 is 0. The maximum Gasteiger partial charge on any atom is 0.305 e. The van der Waals surface area contributed by atoms with Crippen LogP contribution in [0.3, 0.4) is 0 Å². The Morgan fingerprint density at radius 3 is 0.950 bits per heavy atom. The molecule has 0 aromatic rings. The van der Waals surface area contributed by atoms with Gasteiger partial charge in [0.05, 0.1) is 25.4 Å². The summed E-state index contributed by atoms with van der Waals surface area (Å²) in [4.78, 5) is 24.6. The Bertz CT molecular complexity index is 1300. The molecule has 3 N–H and O–H groups in total. The Balaban J connectivity index is 3.39. The summed E-state index contributed by atoms with van der Waals surface area (Å²) in [5.74, 6) is -0.0500. The summed E-state index contributed by atoms with van der Waals surface area (Å²) in [7, 11) is 0. The maximum atomic E-state index is 12.5. The van der Waals surface area contributed by atoms with Gasteiger partial charge in [-0.05, 0) is 64.2 Å². The molecule has 0 bridgehead atoms. The molecule has 0 radical (unpaired) electrons. The molecule has 472 valence electrons. The number of allylic oxidation sites excluding steroid dienone is 5. The minimum Gasteiger partial charge on any atom is -0.466 e. The highest BCUT2D eigenvalue weighted by Gasteiger charge is 2.18. The third kappa shape index (κ3) is 65.2. The summed E-state index contributed by atoms with van der Waals surface area (Å²) in [6, 6.07) is -0.629. The Kier molecular flexibility index (Phi) is 67.9. The number of unbranched alkanes of at least 4 members (excludes halogenated alkanes) is 53. The summed E-state index contributed by atoms with van der Waals surface area (Å²) in [5.41, 5.74) is 0. The van der Waals surface area contributed by atoms with E-state index in [1.54, 1.807) is 6.08 Å². The van der Waals surface area contributed by atoms with E-state index in [-0.39, 0.29) is 18.5 Å². The molecule has 0 saturated carbocycles. The van der Waals surface area contributed by atoms with Crippen LogP contribution in [-0.4, -0.2) is 47.4 Å². The molecule has 0 aliphatic rings. The number of rotatable bonds is 68. The third-order valence-electron chi connectivity index (χ3n) is 16.9. The highest BCUT2D eigenvalue weighted by Crippen LogP contribution is 2.19. The van der Waals surface area contributed by atoms with Crippen LogP contribution in [-0.2, 0) is 14.3 Å². The van der Waals surface area contributed by atoms with E-state index >= 15 is 0 Å². The van der Waals surface area contributed by atoms with E-state index in [1.807, 2.05) is 6.08 Å². The van der Waals surface area contributed by atoms with Crippen molar-refractivity contribution in [3.8, 4) is 0 Å². The number of hydrogen-bond acceptors (Lipinski definition) is 5. The van der Waals surface area contributed by atoms with Crippen LogP contribution in [0.25, 0.3) is 0 Å². The molecule has 0 aromatic carbocycles. The lowest BCUT2D eigenvalue weighted by Crippen LogP contribution is -2.45. The van der Waals surface area contributed by atoms with Gasteiger partial charge in [-0.2, -0.15) is 0 Å². The second kappa shape index (κ2) is 69.6. The molecule has 0 heterocycles. The Hall–Kier alpha value is -1.92. The van der Waals surface area contributed by atoms with Gasteiger partial charge in [-0.1, -0.05) is 359 Å². The fourth-order valence-electron chi connectivity index (χ4n) is 11.4. The molecule has 80 heavy (non-hydrogen) atoms. The minimum atomic E-state index is -0.845. The predicted molar refractivity (Wildman–Crippen MR) is 352 cm³/mol. The van der Waals surface area contributed by atoms with Gasteiger partial charge in [0.15, 0.2) is 0 Å². The number of aliphatic hydroxyl groups is 2. The van der Waals surface area contributed by atoms with Gasteiger partial charge >= 0.3 is 5.97 Å². The number of nitrogens with one attached hydrogen (secondary N) is 1. The SMILES string of the molecule is CCCCCCCCCCCCCCC/C=C/C(O)C(CO)NC(=O)CCCCCCCCCCCCCCC/C=C\C/C=C\CCCCCCCCCCCOC(=O)CCCCCCCCCCCCCCCCCCCCC. The number of ether oxygens (including phenoxy) is 1. The number of aliphatic hydroxyl groups excluding tert-OH is 2. The van der Waals surface area contributed by atoms with Crippen LogP contribution in [0, 0.1) is 0 Å². The average Bonchev–Trinajstić information content (AvgIpc) is 3.46. The second-order valence-corrected chi connectivity index (χ2v) is 24.9. The van der Waals surface area contributed by atoms with Crippen molar-refractivity contribution in [2.24, 2.45) is 0 Å². The van der Waals surface area contributed by atoms with Crippen LogP contribution in [0.5, 0.6) is 0 Å². The van der Waals surface area contributed by atoms with Crippen LogP contribution in [0.4, 0.5) is 0 Å². The average molecular weight is 1120 g/mol. The van der Waals surface area contributed by atoms with Crippen LogP contribution >= 0.6 is 0 Å². The molecular formula is C74H141NO5. The van der Waals surface area contributed by atoms with Crippen molar-refractivity contribution in [2.75, 3.05) is 13.2 Å². The molecule has 0 fully saturated rings. The van der Waals surface area contributed by atoms with E-state index < -0.39 is 12.1 Å². The van der Waals surface area contributed by atoms with Crippen molar-refractivity contribution >= 4 is 11.9 Å². The Morgan fingerprint density at radius 1 is 0.350 bits per heavy atom. The lowest BCUT2D eigenvalue weighted by atomic mass is 10.0. The van der Waals surface area contributed by atoms with Gasteiger partial charge in [0.2, 0.25) is 5.91 Å². The summed E-state index contributed by atoms with van der Waals surface area (Å²) in [6.45, 7) is 4.94. The first kappa shape index (κ1) is 78.1. The van der Waals surface area contributed by atoms with Crippen molar-refractivity contribution in [3.63, 3.8) is 0 Å². The van der Waals surface area contributed by atoms with Crippen LogP contribution in [0.2, 0.25) is 0 Å². The van der Waals surface area contributed by atoms with Gasteiger partial charge in [-0.25, -0.2) is 0 Å². The molecule has 0 saturated heterocycles. The standard InChI is InChI=1S/C74H141NO5/c1-3-5-7-9-11-13-15-17-19-20-32-36-40-44-48-52-56-60-64-68-74(79)80-69-65-61-57-53-49-45-41-37-34-31-29-27-25-23-21-22-24-26-28-30-33-35-39-43-47-51-55-59-63-67-73(78)75-71(70-76)72(77)66-62-58-54-50-46-42-38-18-16-14-12-10-8-6-4-2/h21,23,27,29,62,66,71-72,76-77H,3-20,22,24-26,28,30-61,63-65,67-70H2,1-2H3,(H,75,78)/b23-21-,29-27-,66-62+. The van der Waals surface area contributed by atoms with Gasteiger partial charge in [0.25, 0.3) is 0 Å². The third-order valence-corrected chi connectivity index (χ3v) is 16.9. The number of carbonyl (C=O) groups excluding carboxylic acids is 2. The molecule has 0 aliphatic heterocycles. The first-order valence-corrected chi connectivity index (χ1v) is 36.3. The number of amides is 1. The zero-order valence-corrected chi connectivity index (χ0v) is 54.1.